The van der Waals surface area contributed by atoms with Gasteiger partial charge in [-0.25, -0.2) is 5.43 Å². The Labute approximate surface area is 99.6 Å². The first-order chi connectivity index (χ1) is 7.02. The Bertz CT molecular complexity index is 230. The molecule has 0 amide bonds. The van der Waals surface area contributed by atoms with Crippen molar-refractivity contribution < 1.29 is 14.8 Å². The van der Waals surface area contributed by atoms with Gasteiger partial charge in [-0.2, -0.15) is 5.01 Å². The molecule has 0 saturated carbocycles. The molecule has 0 spiro atoms. The van der Waals surface area contributed by atoms with Crippen LogP contribution in [0.4, 0.5) is 0 Å². The van der Waals surface area contributed by atoms with Gasteiger partial charge in [-0.3, -0.25) is 4.79 Å². The molecule has 3 unspecified atom stereocenters. The van der Waals surface area contributed by atoms with Gasteiger partial charge in [0.15, 0.2) is 6.17 Å². The van der Waals surface area contributed by atoms with Crippen LogP contribution in [0.2, 0.25) is 0 Å². The molecule has 5 nitrogen and oxygen atoms in total. The Morgan fingerprint density at radius 3 is 2.87 bits per heavy atom. The van der Waals surface area contributed by atoms with Gasteiger partial charge in [0.2, 0.25) is 0 Å². The van der Waals surface area contributed by atoms with Crippen molar-refractivity contribution >= 4 is 30.4 Å². The van der Waals surface area contributed by atoms with Crippen molar-refractivity contribution in [2.24, 2.45) is 0 Å². The lowest BCUT2D eigenvalue weighted by Gasteiger charge is -2.27. The summed E-state index contributed by atoms with van der Waals surface area (Å²) in [6, 6.07) is 0. The molecule has 15 heavy (non-hydrogen) atoms. The average molecular weight is 251 g/mol. The number of carbonyl (C=O) groups is 1. The molecule has 0 aromatic heterocycles. The summed E-state index contributed by atoms with van der Waals surface area (Å²) < 4.78 is 0. The summed E-state index contributed by atoms with van der Waals surface area (Å²) in [5, 5.41) is 10.5. The predicted octanol–water partition coefficient (Wildman–Crippen LogP) is -1.68. The van der Waals surface area contributed by atoms with Gasteiger partial charge in [0.05, 0.1) is 12.3 Å². The van der Waals surface area contributed by atoms with Crippen LogP contribution in [-0.4, -0.2) is 52.8 Å². The van der Waals surface area contributed by atoms with Crippen molar-refractivity contribution in [1.82, 2.24) is 10.4 Å². The molecule has 3 N–H and O–H groups in total. The molecule has 0 aromatic carbocycles. The lowest BCUT2D eigenvalue weighted by atomic mass is 10.5. The molecule has 1 rings (SSSR count). The van der Waals surface area contributed by atoms with Gasteiger partial charge in [-0.1, -0.05) is 0 Å². The van der Waals surface area contributed by atoms with E-state index in [1.165, 1.54) is 16.7 Å². The molecule has 0 bridgehead atoms. The van der Waals surface area contributed by atoms with E-state index in [9.17, 15) is 4.79 Å². The van der Waals surface area contributed by atoms with Crippen LogP contribution in [0.5, 0.6) is 0 Å². The number of hydrogen-bond donors (Lipinski definition) is 3. The Hall–Kier alpha value is 0.0500. The molecule has 1 fully saturated rings. The van der Waals surface area contributed by atoms with E-state index < -0.39 is 5.97 Å². The molecule has 1 heterocycles. The lowest BCUT2D eigenvalue weighted by molar-refractivity contribution is -0.923. The minimum Gasteiger partial charge on any atom is -0.709 e. The highest BCUT2D eigenvalue weighted by Gasteiger charge is 2.30. The maximum Gasteiger partial charge on any atom is 0.313 e. The van der Waals surface area contributed by atoms with Crippen molar-refractivity contribution in [1.29, 1.82) is 0 Å². The van der Waals surface area contributed by atoms with Crippen molar-refractivity contribution in [2.75, 3.05) is 25.1 Å². The van der Waals surface area contributed by atoms with E-state index >= 15 is 0 Å². The fraction of sp³-hybridized carbons (Fsp3) is 0.875. The number of aliphatic carboxylic acids is 1. The Kier molecular flexibility index (Phi) is 5.20. The second-order valence-electron chi connectivity index (χ2n) is 3.57. The van der Waals surface area contributed by atoms with Gasteiger partial charge in [0, 0.05) is 25.2 Å². The third-order valence-electron chi connectivity index (χ3n) is 2.54. The van der Waals surface area contributed by atoms with Crippen LogP contribution >= 0.6 is 11.8 Å². The van der Waals surface area contributed by atoms with Crippen LogP contribution in [0.15, 0.2) is 0 Å². The normalized spacial score (nSPS) is 32.1. The van der Waals surface area contributed by atoms with Crippen LogP contribution < -0.4 is 10.3 Å². The molecule has 1 saturated heterocycles. The fourth-order valence-corrected chi connectivity index (χ4v) is 2.72. The third kappa shape index (κ3) is 3.84. The topological polar surface area (TPSA) is 57.0 Å². The Morgan fingerprint density at radius 1 is 1.73 bits per heavy atom. The highest BCUT2D eigenvalue weighted by Crippen LogP contribution is 1.98. The second-order valence-corrected chi connectivity index (χ2v) is 5.14. The molecule has 88 valence electrons. The molecule has 1 aliphatic rings. The van der Waals surface area contributed by atoms with Crippen molar-refractivity contribution in [3.63, 3.8) is 0 Å². The molecular formula is C8H17N3O2S2. The number of hydrogen-bond acceptors (Lipinski definition) is 5. The van der Waals surface area contributed by atoms with Gasteiger partial charge in [0.25, 0.3) is 0 Å². The molecule has 0 aliphatic carbocycles. The molecule has 0 radical (unpaired) electrons. The van der Waals surface area contributed by atoms with Crippen LogP contribution in [0.1, 0.15) is 6.92 Å². The minimum absolute atomic E-state index is 0.00423. The maximum atomic E-state index is 10.3. The van der Waals surface area contributed by atoms with E-state index in [4.69, 9.17) is 17.7 Å². The van der Waals surface area contributed by atoms with Crippen LogP contribution in [0.3, 0.4) is 0 Å². The zero-order chi connectivity index (χ0) is 11.4. The number of thioether (sulfide) groups is 1. The van der Waals surface area contributed by atoms with E-state index in [1.807, 2.05) is 12.1 Å². The second kappa shape index (κ2) is 5.95. The summed E-state index contributed by atoms with van der Waals surface area (Å²) in [5.74, 6) is 0.247. The molecule has 0 aromatic rings. The zero-order valence-corrected chi connectivity index (χ0v) is 10.5. The number of nitrogens with zero attached hydrogens (tertiary/aromatic N) is 1. The van der Waals surface area contributed by atoms with Crippen LogP contribution in [-0.2, 0) is 17.4 Å². The lowest BCUT2D eigenvalue weighted by Crippen LogP contribution is -3.18. The monoisotopic (exact) mass is 251 g/mol. The molecule has 3 atom stereocenters. The summed E-state index contributed by atoms with van der Waals surface area (Å²) in [7, 11) is 1.97. The third-order valence-corrected chi connectivity index (χ3v) is 3.89. The van der Waals surface area contributed by atoms with E-state index in [0.717, 1.165) is 12.3 Å². The molecule has 1 aliphatic heterocycles. The number of quaternary nitrogens is 1. The van der Waals surface area contributed by atoms with E-state index in [2.05, 4.69) is 12.3 Å². The Morgan fingerprint density at radius 2 is 2.40 bits per heavy atom. The highest BCUT2D eigenvalue weighted by atomic mass is 32.2. The summed E-state index contributed by atoms with van der Waals surface area (Å²) in [6.45, 7) is 3.00. The first-order valence-corrected chi connectivity index (χ1v) is 6.45. The van der Waals surface area contributed by atoms with Crippen molar-refractivity contribution in [3.8, 4) is 0 Å². The van der Waals surface area contributed by atoms with Crippen molar-refractivity contribution in [3.05, 3.63) is 0 Å². The Balaban J connectivity index is 2.23. The summed E-state index contributed by atoms with van der Waals surface area (Å²) in [4.78, 5) is 11.6. The average Bonchev–Trinajstić information content (AvgIpc) is 2.37. The summed E-state index contributed by atoms with van der Waals surface area (Å²) in [5.41, 5.74) is 3.15. The maximum absolute atomic E-state index is 10.3. The quantitative estimate of drug-likeness (QED) is 0.401. The largest absolute Gasteiger partial charge is 0.709 e. The number of carboxylic acid groups (broad SMARTS) is 1. The first kappa shape index (κ1) is 13.1. The number of hydrazine groups is 1. The van der Waals surface area contributed by atoms with Gasteiger partial charge >= 0.3 is 5.97 Å². The van der Waals surface area contributed by atoms with Crippen LogP contribution in [0, 0.1) is 0 Å². The standard InChI is InChI=1S/C8H17N3O2S2/c1-6-10(2)9-8(14)11(6)3-4-15-5-7(12)13/h6,8-9,14H,3-5H2,1-2H3,(H,12,13). The summed E-state index contributed by atoms with van der Waals surface area (Å²) in [6.07, 6.45) is 0.345. The highest BCUT2D eigenvalue weighted by molar-refractivity contribution is 7.99. The van der Waals surface area contributed by atoms with Gasteiger partial charge in [-0.15, -0.1) is 11.8 Å². The fourth-order valence-electron chi connectivity index (χ4n) is 1.54. The number of rotatable bonds is 5. The summed E-state index contributed by atoms with van der Waals surface area (Å²) >= 11 is 6.70. The minimum atomic E-state index is -0.755. The van der Waals surface area contributed by atoms with Gasteiger partial charge in [-0.05, 0) is 0 Å². The number of nitrogens with one attached hydrogen (secondary N) is 2. The van der Waals surface area contributed by atoms with E-state index in [0.29, 0.717) is 6.17 Å². The number of carboxylic acids is 1. The molecule has 7 heteroatoms. The smallest absolute Gasteiger partial charge is 0.313 e. The van der Waals surface area contributed by atoms with Crippen LogP contribution in [0.25, 0.3) is 0 Å². The van der Waals surface area contributed by atoms with E-state index in [-0.39, 0.29) is 11.3 Å². The molecular weight excluding hydrogens is 234 g/mol. The van der Waals surface area contributed by atoms with E-state index in [1.54, 1.807) is 0 Å². The van der Waals surface area contributed by atoms with Gasteiger partial charge in [0.1, 0.15) is 0 Å². The predicted molar refractivity (Wildman–Crippen MR) is 62.3 cm³/mol. The SMILES string of the molecule is CC1N(C)NC([S-])[NH+]1CCSCC(=O)O. The first-order valence-electron chi connectivity index (χ1n) is 4.82. The zero-order valence-electron chi connectivity index (χ0n) is 8.90. The van der Waals surface area contributed by atoms with Crippen molar-refractivity contribution in [2.45, 2.75) is 18.6 Å². The van der Waals surface area contributed by atoms with Gasteiger partial charge < -0.3 is 22.6 Å².